The molecule has 3 unspecified atom stereocenters. The van der Waals surface area contributed by atoms with Gasteiger partial charge in [-0.05, 0) is 37.8 Å². The van der Waals surface area contributed by atoms with Crippen molar-refractivity contribution in [1.29, 1.82) is 0 Å². The molecule has 1 N–H and O–H groups in total. The standard InChI is InChI=1S/C20H31N3O2/c1-3-17(12-16-8-5-4-6-9-16)22(2)20(24)21-13-19-14-23-11-7-10-18(23)15-25-19/h4-6,8-9,17-19H,3,7,10-15H2,1-2H3,(H,21,24). The highest BCUT2D eigenvalue weighted by molar-refractivity contribution is 5.74. The Morgan fingerprint density at radius 2 is 2.20 bits per heavy atom. The van der Waals surface area contributed by atoms with Crippen LogP contribution in [0.4, 0.5) is 4.79 Å². The minimum Gasteiger partial charge on any atom is -0.373 e. The second kappa shape index (κ2) is 8.68. The molecule has 2 amide bonds. The number of urea groups is 1. The molecule has 2 heterocycles. The Kier molecular flexibility index (Phi) is 6.32. The number of carbonyl (C=O) groups excluding carboxylic acids is 1. The number of hydrogen-bond acceptors (Lipinski definition) is 3. The zero-order chi connectivity index (χ0) is 17.6. The van der Waals surface area contributed by atoms with Crippen molar-refractivity contribution in [2.75, 3.05) is 33.3 Å². The summed E-state index contributed by atoms with van der Waals surface area (Å²) in [4.78, 5) is 16.9. The summed E-state index contributed by atoms with van der Waals surface area (Å²) < 4.78 is 5.93. The Hall–Kier alpha value is -1.59. The number of rotatable bonds is 6. The van der Waals surface area contributed by atoms with Crippen molar-refractivity contribution in [3.05, 3.63) is 35.9 Å². The van der Waals surface area contributed by atoms with E-state index in [1.165, 1.54) is 24.9 Å². The lowest BCUT2D eigenvalue weighted by Gasteiger charge is -2.35. The molecule has 0 aromatic heterocycles. The van der Waals surface area contributed by atoms with E-state index < -0.39 is 0 Å². The summed E-state index contributed by atoms with van der Waals surface area (Å²) >= 11 is 0. The summed E-state index contributed by atoms with van der Waals surface area (Å²) in [7, 11) is 1.89. The molecule has 0 spiro atoms. The summed E-state index contributed by atoms with van der Waals surface area (Å²) in [5, 5.41) is 3.07. The van der Waals surface area contributed by atoms with Gasteiger partial charge in [-0.25, -0.2) is 4.79 Å². The van der Waals surface area contributed by atoms with Crippen molar-refractivity contribution >= 4 is 6.03 Å². The molecule has 2 aliphatic heterocycles. The quantitative estimate of drug-likeness (QED) is 0.862. The van der Waals surface area contributed by atoms with E-state index in [1.807, 2.05) is 30.1 Å². The number of carbonyl (C=O) groups is 1. The van der Waals surface area contributed by atoms with Gasteiger partial charge in [0, 0.05) is 32.2 Å². The molecule has 0 saturated carbocycles. The molecule has 25 heavy (non-hydrogen) atoms. The van der Waals surface area contributed by atoms with Crippen molar-refractivity contribution in [3.8, 4) is 0 Å². The summed E-state index contributed by atoms with van der Waals surface area (Å²) in [6.07, 6.45) is 4.46. The lowest BCUT2D eigenvalue weighted by Crippen LogP contribution is -2.52. The van der Waals surface area contributed by atoms with Crippen LogP contribution in [0.15, 0.2) is 30.3 Å². The van der Waals surface area contributed by atoms with Crippen LogP contribution in [0.2, 0.25) is 0 Å². The number of morpholine rings is 1. The summed E-state index contributed by atoms with van der Waals surface area (Å²) in [5.41, 5.74) is 1.27. The summed E-state index contributed by atoms with van der Waals surface area (Å²) in [6, 6.07) is 11.2. The molecule has 0 bridgehead atoms. The highest BCUT2D eigenvalue weighted by Crippen LogP contribution is 2.22. The minimum atomic E-state index is -0.00470. The van der Waals surface area contributed by atoms with Crippen molar-refractivity contribution in [2.45, 2.75) is 50.8 Å². The average molecular weight is 345 g/mol. The number of fused-ring (bicyclic) bond motifs is 1. The maximum absolute atomic E-state index is 12.5. The van der Waals surface area contributed by atoms with Gasteiger partial charge in [0.2, 0.25) is 0 Å². The lowest BCUT2D eigenvalue weighted by molar-refractivity contribution is -0.0461. The highest BCUT2D eigenvalue weighted by atomic mass is 16.5. The first-order chi connectivity index (χ1) is 12.2. The zero-order valence-corrected chi connectivity index (χ0v) is 15.5. The molecule has 2 saturated heterocycles. The third-order valence-electron chi connectivity index (χ3n) is 5.60. The number of nitrogens with one attached hydrogen (secondary N) is 1. The third-order valence-corrected chi connectivity index (χ3v) is 5.60. The molecule has 3 rings (SSSR count). The molecule has 0 aliphatic carbocycles. The van der Waals surface area contributed by atoms with Gasteiger partial charge in [-0.15, -0.1) is 0 Å². The monoisotopic (exact) mass is 345 g/mol. The Balaban J connectivity index is 1.46. The highest BCUT2D eigenvalue weighted by Gasteiger charge is 2.32. The predicted octanol–water partition coefficient (Wildman–Crippen LogP) is 2.51. The van der Waals surface area contributed by atoms with Gasteiger partial charge in [-0.3, -0.25) is 4.90 Å². The number of nitrogens with zero attached hydrogens (tertiary/aromatic N) is 2. The Bertz CT molecular complexity index is 551. The van der Waals surface area contributed by atoms with Gasteiger partial charge in [0.05, 0.1) is 12.7 Å². The van der Waals surface area contributed by atoms with Crippen LogP contribution < -0.4 is 5.32 Å². The number of ether oxygens (including phenoxy) is 1. The molecule has 138 valence electrons. The molecule has 5 nitrogen and oxygen atoms in total. The molecule has 3 atom stereocenters. The molecular formula is C20H31N3O2. The van der Waals surface area contributed by atoms with Crippen LogP contribution in [0.25, 0.3) is 0 Å². The van der Waals surface area contributed by atoms with Crippen molar-refractivity contribution in [1.82, 2.24) is 15.1 Å². The fourth-order valence-electron chi connectivity index (χ4n) is 3.94. The fraction of sp³-hybridized carbons (Fsp3) is 0.650. The van der Waals surface area contributed by atoms with Gasteiger partial charge in [0.25, 0.3) is 0 Å². The maximum atomic E-state index is 12.5. The van der Waals surface area contributed by atoms with Gasteiger partial charge in [0.15, 0.2) is 0 Å². The lowest BCUT2D eigenvalue weighted by atomic mass is 10.0. The Morgan fingerprint density at radius 3 is 2.96 bits per heavy atom. The second-order valence-electron chi connectivity index (χ2n) is 7.30. The van der Waals surface area contributed by atoms with Crippen LogP contribution in [-0.2, 0) is 11.2 Å². The third kappa shape index (κ3) is 4.73. The number of hydrogen-bond donors (Lipinski definition) is 1. The molecule has 2 fully saturated rings. The SMILES string of the molecule is CCC(Cc1ccccc1)N(C)C(=O)NCC1CN2CCCC2CO1. The molecule has 5 heteroatoms. The molecule has 0 radical (unpaired) electrons. The van der Waals surface area contributed by atoms with Crippen LogP contribution in [-0.4, -0.2) is 67.3 Å². The second-order valence-corrected chi connectivity index (χ2v) is 7.30. The van der Waals surface area contributed by atoms with Gasteiger partial charge < -0.3 is 15.0 Å². The van der Waals surface area contributed by atoms with Gasteiger partial charge >= 0.3 is 6.03 Å². The van der Waals surface area contributed by atoms with Crippen molar-refractivity contribution < 1.29 is 9.53 Å². The smallest absolute Gasteiger partial charge is 0.317 e. The van der Waals surface area contributed by atoms with Gasteiger partial charge in [-0.2, -0.15) is 0 Å². The van der Waals surface area contributed by atoms with Crippen molar-refractivity contribution in [2.24, 2.45) is 0 Å². The predicted molar refractivity (Wildman–Crippen MR) is 99.7 cm³/mol. The van der Waals surface area contributed by atoms with Crippen LogP contribution in [0.1, 0.15) is 31.7 Å². The largest absolute Gasteiger partial charge is 0.373 e. The van der Waals surface area contributed by atoms with E-state index in [4.69, 9.17) is 4.74 Å². The van der Waals surface area contributed by atoms with E-state index in [9.17, 15) is 4.79 Å². The van der Waals surface area contributed by atoms with Crippen LogP contribution in [0.5, 0.6) is 0 Å². The van der Waals surface area contributed by atoms with Crippen LogP contribution in [0.3, 0.4) is 0 Å². The first kappa shape index (κ1) is 18.2. The minimum absolute atomic E-state index is 0.00470. The van der Waals surface area contributed by atoms with E-state index in [0.717, 1.165) is 26.0 Å². The Morgan fingerprint density at radius 1 is 1.40 bits per heavy atom. The summed E-state index contributed by atoms with van der Waals surface area (Å²) in [6.45, 7) is 5.65. The maximum Gasteiger partial charge on any atom is 0.317 e. The fourth-order valence-corrected chi connectivity index (χ4v) is 3.94. The summed E-state index contributed by atoms with van der Waals surface area (Å²) in [5.74, 6) is 0. The van der Waals surface area contributed by atoms with Gasteiger partial charge in [0.1, 0.15) is 0 Å². The van der Waals surface area contributed by atoms with E-state index in [0.29, 0.717) is 12.6 Å². The molecular weight excluding hydrogens is 314 g/mol. The van der Waals surface area contributed by atoms with Crippen LogP contribution in [0, 0.1) is 0 Å². The molecule has 1 aromatic rings. The number of amides is 2. The normalized spacial score (nSPS) is 24.6. The first-order valence-electron chi connectivity index (χ1n) is 9.57. The van der Waals surface area contributed by atoms with Gasteiger partial charge in [-0.1, -0.05) is 37.3 Å². The Labute approximate surface area is 151 Å². The zero-order valence-electron chi connectivity index (χ0n) is 15.5. The van der Waals surface area contributed by atoms with Crippen LogP contribution >= 0.6 is 0 Å². The number of benzene rings is 1. The molecule has 1 aromatic carbocycles. The van der Waals surface area contributed by atoms with E-state index in [1.54, 1.807) is 0 Å². The van der Waals surface area contributed by atoms with E-state index >= 15 is 0 Å². The molecule has 2 aliphatic rings. The number of likely N-dealkylation sites (N-methyl/N-ethyl adjacent to an activating group) is 1. The van der Waals surface area contributed by atoms with E-state index in [2.05, 4.69) is 29.3 Å². The topological polar surface area (TPSA) is 44.8 Å². The first-order valence-corrected chi connectivity index (χ1v) is 9.57. The van der Waals surface area contributed by atoms with E-state index in [-0.39, 0.29) is 18.2 Å². The average Bonchev–Trinajstić information content (AvgIpc) is 3.12. The van der Waals surface area contributed by atoms with Crippen molar-refractivity contribution in [3.63, 3.8) is 0 Å².